The van der Waals surface area contributed by atoms with Gasteiger partial charge in [0, 0.05) is 23.7 Å². The number of nitrogens with two attached hydrogens (primary N) is 1. The first-order chi connectivity index (χ1) is 22.7. The van der Waals surface area contributed by atoms with Crippen LogP contribution in [0.25, 0.3) is 11.1 Å². The molecule has 6 rings (SSSR count). The summed E-state index contributed by atoms with van der Waals surface area (Å²) in [6, 6.07) is 25.7. The van der Waals surface area contributed by atoms with Gasteiger partial charge in [0.2, 0.25) is 5.91 Å². The van der Waals surface area contributed by atoms with Gasteiger partial charge in [-0.3, -0.25) is 4.79 Å². The maximum atomic E-state index is 13.6. The normalized spacial score (nSPS) is 17.1. The molecule has 2 fully saturated rings. The Bertz CT molecular complexity index is 1760. The van der Waals surface area contributed by atoms with Gasteiger partial charge in [0.25, 0.3) is 0 Å². The summed E-state index contributed by atoms with van der Waals surface area (Å²) >= 11 is 11.8. The average Bonchev–Trinajstić information content (AvgIpc) is 3.63. The molecule has 1 saturated heterocycles. The zero-order valence-electron chi connectivity index (χ0n) is 26.1. The van der Waals surface area contributed by atoms with E-state index in [1.165, 1.54) is 67.6 Å². The van der Waals surface area contributed by atoms with E-state index in [9.17, 15) is 13.6 Å². The molecule has 0 bridgehead atoms. The third kappa shape index (κ3) is 7.86. The van der Waals surface area contributed by atoms with Crippen LogP contribution in [0.15, 0.2) is 89.9 Å². The minimum absolute atomic E-state index is 0.00621. The van der Waals surface area contributed by atoms with Gasteiger partial charge in [-0.1, -0.05) is 78.5 Å². The van der Waals surface area contributed by atoms with Crippen molar-refractivity contribution in [2.45, 2.75) is 62.8 Å². The molecule has 1 aliphatic carbocycles. The van der Waals surface area contributed by atoms with Crippen molar-refractivity contribution in [2.24, 2.45) is 10.7 Å². The largest absolute Gasteiger partial charge is 0.383 e. The topological polar surface area (TPSA) is 70.7 Å². The average molecular weight is 676 g/mol. The number of hydrogen-bond acceptors (Lipinski definition) is 3. The number of likely N-dealkylation sites (tertiary alicyclic amines) is 1. The quantitative estimate of drug-likeness (QED) is 0.137. The Morgan fingerprint density at radius 3 is 2.23 bits per heavy atom. The molecule has 4 aromatic carbocycles. The van der Waals surface area contributed by atoms with Crippen molar-refractivity contribution in [2.75, 3.05) is 18.4 Å². The number of hydrogen-bond donors (Lipinski definition) is 2. The van der Waals surface area contributed by atoms with Gasteiger partial charge in [-0.05, 0) is 110 Å². The lowest BCUT2D eigenvalue weighted by atomic mass is 9.69. The SMILES string of the molecule is NC(=Nc1ccc(F)c(Cl)c1)c1cccc(-c2ccc(C3(CCC(=O)Nc4ccc(F)c(Cl)c4)CCN(C4CCCC4)CC3)cc2)c1. The smallest absolute Gasteiger partial charge is 0.224 e. The van der Waals surface area contributed by atoms with E-state index in [1.54, 1.807) is 0 Å². The highest BCUT2D eigenvalue weighted by Crippen LogP contribution is 2.42. The van der Waals surface area contributed by atoms with Crippen LogP contribution in [-0.4, -0.2) is 35.8 Å². The zero-order valence-corrected chi connectivity index (χ0v) is 27.6. The lowest BCUT2D eigenvalue weighted by molar-refractivity contribution is -0.116. The molecule has 1 aliphatic heterocycles. The maximum Gasteiger partial charge on any atom is 0.224 e. The van der Waals surface area contributed by atoms with Gasteiger partial charge in [0.1, 0.15) is 17.5 Å². The lowest BCUT2D eigenvalue weighted by Crippen LogP contribution is -2.46. The van der Waals surface area contributed by atoms with Crippen molar-refractivity contribution in [3.63, 3.8) is 0 Å². The summed E-state index contributed by atoms with van der Waals surface area (Å²) in [6.45, 7) is 2.03. The summed E-state index contributed by atoms with van der Waals surface area (Å²) in [4.78, 5) is 20.2. The second-order valence-corrected chi connectivity index (χ2v) is 13.5. The predicted octanol–water partition coefficient (Wildman–Crippen LogP) is 9.67. The van der Waals surface area contributed by atoms with Gasteiger partial charge >= 0.3 is 0 Å². The number of benzene rings is 4. The van der Waals surface area contributed by atoms with Crippen molar-refractivity contribution in [1.29, 1.82) is 0 Å². The first-order valence-corrected chi connectivity index (χ1v) is 16.9. The number of carbonyl (C=O) groups is 1. The molecule has 4 aromatic rings. The van der Waals surface area contributed by atoms with Gasteiger partial charge < -0.3 is 16.0 Å². The molecule has 5 nitrogen and oxygen atoms in total. The minimum atomic E-state index is -0.514. The Labute approximate surface area is 284 Å². The fraction of sp³-hybridized carbons (Fsp3) is 0.316. The number of rotatable bonds is 9. The van der Waals surface area contributed by atoms with Crippen LogP contribution in [-0.2, 0) is 10.2 Å². The summed E-state index contributed by atoms with van der Waals surface area (Å²) in [6.07, 6.45) is 8.18. The summed E-state index contributed by atoms with van der Waals surface area (Å²) in [5.41, 5.74) is 11.2. The number of nitrogens with zero attached hydrogens (tertiary/aromatic N) is 2. The molecule has 1 amide bonds. The van der Waals surface area contributed by atoms with Crippen molar-refractivity contribution in [3.8, 4) is 11.1 Å². The molecule has 0 atom stereocenters. The molecule has 0 spiro atoms. The van der Waals surface area contributed by atoms with Crippen LogP contribution in [0, 0.1) is 11.6 Å². The van der Waals surface area contributed by atoms with Gasteiger partial charge in [-0.25, -0.2) is 13.8 Å². The first-order valence-electron chi connectivity index (χ1n) is 16.2. The first kappa shape index (κ1) is 33.1. The summed E-state index contributed by atoms with van der Waals surface area (Å²) in [5.74, 6) is -0.824. The second kappa shape index (κ2) is 14.5. The Morgan fingerprint density at radius 2 is 1.55 bits per heavy atom. The molecule has 2 aliphatic rings. The number of aliphatic imine (C=N–C) groups is 1. The van der Waals surface area contributed by atoms with Crippen LogP contribution in [0.3, 0.4) is 0 Å². The molecule has 3 N–H and O–H groups in total. The number of amides is 1. The minimum Gasteiger partial charge on any atom is -0.383 e. The number of anilines is 1. The van der Waals surface area contributed by atoms with Crippen LogP contribution in [0.5, 0.6) is 0 Å². The Balaban J connectivity index is 1.20. The Kier molecular flexibility index (Phi) is 10.3. The van der Waals surface area contributed by atoms with E-state index < -0.39 is 11.6 Å². The maximum absolute atomic E-state index is 13.6. The highest BCUT2D eigenvalue weighted by molar-refractivity contribution is 6.31. The van der Waals surface area contributed by atoms with E-state index in [0.29, 0.717) is 36.1 Å². The molecule has 1 heterocycles. The Morgan fingerprint density at radius 1 is 0.872 bits per heavy atom. The van der Waals surface area contributed by atoms with E-state index in [0.717, 1.165) is 42.6 Å². The fourth-order valence-corrected chi connectivity index (χ4v) is 7.41. The molecule has 0 radical (unpaired) electrons. The molecular formula is C38H38Cl2F2N4O. The van der Waals surface area contributed by atoms with Crippen molar-refractivity contribution in [3.05, 3.63) is 118 Å². The lowest BCUT2D eigenvalue weighted by Gasteiger charge is -2.44. The van der Waals surface area contributed by atoms with Crippen LogP contribution < -0.4 is 11.1 Å². The number of halogens is 4. The van der Waals surface area contributed by atoms with E-state index in [2.05, 4.69) is 39.5 Å². The predicted molar refractivity (Wildman–Crippen MR) is 188 cm³/mol. The molecule has 47 heavy (non-hydrogen) atoms. The highest BCUT2D eigenvalue weighted by atomic mass is 35.5. The zero-order chi connectivity index (χ0) is 33.0. The molecule has 9 heteroatoms. The monoisotopic (exact) mass is 674 g/mol. The van der Waals surface area contributed by atoms with Gasteiger partial charge in [-0.15, -0.1) is 0 Å². The van der Waals surface area contributed by atoms with E-state index in [-0.39, 0.29) is 21.4 Å². The van der Waals surface area contributed by atoms with Crippen molar-refractivity contribution >= 4 is 46.3 Å². The van der Waals surface area contributed by atoms with Crippen LogP contribution in [0.2, 0.25) is 10.0 Å². The van der Waals surface area contributed by atoms with E-state index in [1.807, 2.05) is 24.3 Å². The van der Waals surface area contributed by atoms with Gasteiger partial charge in [0.05, 0.1) is 15.7 Å². The van der Waals surface area contributed by atoms with Crippen LogP contribution in [0.1, 0.15) is 62.5 Å². The summed E-state index contributed by atoms with van der Waals surface area (Å²) in [5, 5.41) is 2.87. The molecule has 0 aromatic heterocycles. The van der Waals surface area contributed by atoms with Crippen LogP contribution in [0.4, 0.5) is 20.2 Å². The third-order valence-electron chi connectivity index (χ3n) is 9.77. The van der Waals surface area contributed by atoms with Gasteiger partial charge in [0.15, 0.2) is 0 Å². The highest BCUT2D eigenvalue weighted by Gasteiger charge is 2.38. The Hall–Kier alpha value is -3.78. The summed E-state index contributed by atoms with van der Waals surface area (Å²) in [7, 11) is 0. The number of amidine groups is 1. The number of piperidine rings is 1. The van der Waals surface area contributed by atoms with E-state index >= 15 is 0 Å². The molecular weight excluding hydrogens is 637 g/mol. The number of carbonyl (C=O) groups excluding carboxylic acids is 1. The molecule has 0 unspecified atom stereocenters. The van der Waals surface area contributed by atoms with E-state index in [4.69, 9.17) is 28.9 Å². The fourth-order valence-electron chi connectivity index (χ4n) is 7.05. The van der Waals surface area contributed by atoms with Crippen molar-refractivity contribution < 1.29 is 13.6 Å². The third-order valence-corrected chi connectivity index (χ3v) is 10.4. The molecule has 244 valence electrons. The van der Waals surface area contributed by atoms with Crippen LogP contribution >= 0.6 is 23.2 Å². The second-order valence-electron chi connectivity index (χ2n) is 12.7. The standard InChI is InChI=1S/C38H38Cl2F2N4O/c39-32-23-29(12-14-34(32)41)44-36(47)16-17-38(18-20-46(21-19-38)31-6-1-2-7-31)28-10-8-25(9-11-28)26-4-3-5-27(22-26)37(43)45-30-13-15-35(42)33(40)24-30/h3-5,8-15,22-24,31H,1-2,6-7,16-21H2,(H2,43,45)(H,44,47). The molecule has 1 saturated carbocycles. The number of nitrogens with one attached hydrogen (secondary N) is 1. The van der Waals surface area contributed by atoms with Crippen molar-refractivity contribution in [1.82, 2.24) is 4.90 Å². The van der Waals surface area contributed by atoms with Gasteiger partial charge in [-0.2, -0.15) is 0 Å². The summed E-state index contributed by atoms with van der Waals surface area (Å²) < 4.78 is 27.2.